The third-order valence-electron chi connectivity index (χ3n) is 3.69. The summed E-state index contributed by atoms with van der Waals surface area (Å²) in [7, 11) is -3.30. The minimum atomic E-state index is -3.30. The summed E-state index contributed by atoms with van der Waals surface area (Å²) in [6, 6.07) is 7.17. The van der Waals surface area contributed by atoms with E-state index in [1.807, 2.05) is 19.1 Å². The van der Waals surface area contributed by atoms with Crippen molar-refractivity contribution >= 4 is 32.1 Å². The van der Waals surface area contributed by atoms with E-state index in [9.17, 15) is 8.42 Å². The molecule has 0 unspecified atom stereocenters. The van der Waals surface area contributed by atoms with Crippen LogP contribution in [-0.2, 0) is 15.6 Å². The Hall–Kier alpha value is -1.53. The molecule has 0 N–H and O–H groups in total. The molecular formula is C14H11NO3S2. The maximum atomic E-state index is 12.4. The van der Waals surface area contributed by atoms with Gasteiger partial charge in [0.2, 0.25) is 0 Å². The molecule has 0 bridgehead atoms. The van der Waals surface area contributed by atoms with Crippen LogP contribution in [0.15, 0.2) is 33.7 Å². The summed E-state index contributed by atoms with van der Waals surface area (Å²) in [5.41, 5.74) is 3.41. The number of aryl methyl sites for hydroxylation is 1. The summed E-state index contributed by atoms with van der Waals surface area (Å²) >= 11 is 1.67. The van der Waals surface area contributed by atoms with E-state index in [1.165, 1.54) is 0 Å². The molecule has 1 aromatic carbocycles. The second kappa shape index (κ2) is 3.99. The van der Waals surface area contributed by atoms with Crippen LogP contribution in [0.25, 0.3) is 10.5 Å². The Morgan fingerprint density at radius 2 is 2.10 bits per heavy atom. The zero-order valence-electron chi connectivity index (χ0n) is 10.7. The summed E-state index contributed by atoms with van der Waals surface area (Å²) in [6.07, 6.45) is 0. The van der Waals surface area contributed by atoms with Crippen molar-refractivity contribution in [2.75, 3.05) is 5.75 Å². The lowest BCUT2D eigenvalue weighted by Crippen LogP contribution is -2.18. The van der Waals surface area contributed by atoms with Gasteiger partial charge in [0.15, 0.2) is 15.6 Å². The highest BCUT2D eigenvalue weighted by Gasteiger charge is 2.36. The molecule has 2 aliphatic heterocycles. The number of nitrogens with zero attached hydrogens (tertiary/aromatic N) is 1. The Morgan fingerprint density at radius 1 is 1.30 bits per heavy atom. The maximum absolute atomic E-state index is 12.4. The molecule has 0 aliphatic carbocycles. The minimum absolute atomic E-state index is 0.00597. The van der Waals surface area contributed by atoms with Gasteiger partial charge < -0.3 is 4.52 Å². The van der Waals surface area contributed by atoms with Crippen LogP contribution in [0, 0.1) is 6.92 Å². The van der Waals surface area contributed by atoms with Crippen molar-refractivity contribution in [1.82, 2.24) is 5.16 Å². The number of benzene rings is 1. The van der Waals surface area contributed by atoms with Crippen LogP contribution in [-0.4, -0.2) is 19.3 Å². The van der Waals surface area contributed by atoms with Gasteiger partial charge in [0.1, 0.15) is 0 Å². The molecule has 2 aromatic rings. The van der Waals surface area contributed by atoms with Gasteiger partial charge in [0.25, 0.3) is 0 Å². The van der Waals surface area contributed by atoms with Crippen molar-refractivity contribution in [2.45, 2.75) is 17.6 Å². The molecule has 0 spiro atoms. The van der Waals surface area contributed by atoms with E-state index in [4.69, 9.17) is 4.52 Å². The van der Waals surface area contributed by atoms with Gasteiger partial charge in [-0.05, 0) is 13.0 Å². The molecule has 4 nitrogen and oxygen atoms in total. The standard InChI is InChI=1S/C14H11NO3S2/c1-8-10-6-19-14-9-4-2-3-5-12(9)20(16,17)7-11(14)13(10)18-15-8/h2-5H,6-7H2,1H3. The van der Waals surface area contributed by atoms with Gasteiger partial charge in [-0.1, -0.05) is 23.4 Å². The predicted octanol–water partition coefficient (Wildman–Crippen LogP) is 2.89. The van der Waals surface area contributed by atoms with E-state index >= 15 is 0 Å². The van der Waals surface area contributed by atoms with Crippen molar-refractivity contribution in [3.05, 3.63) is 46.8 Å². The summed E-state index contributed by atoms with van der Waals surface area (Å²) < 4.78 is 30.3. The highest BCUT2D eigenvalue weighted by atomic mass is 32.2. The van der Waals surface area contributed by atoms with Crippen molar-refractivity contribution in [3.63, 3.8) is 0 Å². The molecule has 0 saturated carbocycles. The Kier molecular flexibility index (Phi) is 2.44. The third-order valence-corrected chi connectivity index (χ3v) is 6.58. The average Bonchev–Trinajstić information content (AvgIpc) is 2.81. The van der Waals surface area contributed by atoms with Gasteiger partial charge in [-0.2, -0.15) is 0 Å². The highest BCUT2D eigenvalue weighted by molar-refractivity contribution is 8.08. The Balaban J connectivity index is 2.05. The Morgan fingerprint density at radius 3 is 2.95 bits per heavy atom. The van der Waals surface area contributed by atoms with E-state index in [0.717, 1.165) is 33.1 Å². The van der Waals surface area contributed by atoms with Crippen molar-refractivity contribution in [2.24, 2.45) is 0 Å². The summed E-state index contributed by atoms with van der Waals surface area (Å²) in [6.45, 7) is 1.89. The third kappa shape index (κ3) is 1.55. The Labute approximate surface area is 120 Å². The SMILES string of the molecule is Cc1noc2c1CSC1=C2CS(=O)(=O)c2ccccc21. The number of sulfone groups is 1. The number of rotatable bonds is 0. The average molecular weight is 305 g/mol. The summed E-state index contributed by atoms with van der Waals surface area (Å²) in [5.74, 6) is 1.42. The largest absolute Gasteiger partial charge is 0.356 e. The van der Waals surface area contributed by atoms with Gasteiger partial charge in [-0.25, -0.2) is 8.42 Å². The van der Waals surface area contributed by atoms with E-state index in [-0.39, 0.29) is 5.75 Å². The fourth-order valence-electron chi connectivity index (χ4n) is 2.70. The first-order chi connectivity index (χ1) is 9.58. The van der Waals surface area contributed by atoms with E-state index < -0.39 is 9.84 Å². The molecule has 20 heavy (non-hydrogen) atoms. The lowest BCUT2D eigenvalue weighted by Gasteiger charge is -2.25. The second-order valence-corrected chi connectivity index (χ2v) is 7.87. The van der Waals surface area contributed by atoms with Crippen LogP contribution in [0.1, 0.15) is 22.6 Å². The molecule has 1 aromatic heterocycles. The maximum Gasteiger partial charge on any atom is 0.183 e. The molecule has 3 heterocycles. The predicted molar refractivity (Wildman–Crippen MR) is 77.8 cm³/mol. The topological polar surface area (TPSA) is 60.2 Å². The monoisotopic (exact) mass is 305 g/mol. The Bertz CT molecular complexity index is 862. The van der Waals surface area contributed by atoms with Gasteiger partial charge in [-0.15, -0.1) is 11.8 Å². The fourth-order valence-corrected chi connectivity index (χ4v) is 5.75. The smallest absolute Gasteiger partial charge is 0.183 e. The number of fused-ring (bicyclic) bond motifs is 4. The van der Waals surface area contributed by atoms with Crippen LogP contribution < -0.4 is 0 Å². The van der Waals surface area contributed by atoms with Crippen LogP contribution in [0.2, 0.25) is 0 Å². The van der Waals surface area contributed by atoms with Gasteiger partial charge in [0.05, 0.1) is 16.3 Å². The van der Waals surface area contributed by atoms with Gasteiger partial charge in [0, 0.05) is 27.4 Å². The number of thioether (sulfide) groups is 1. The zero-order valence-corrected chi connectivity index (χ0v) is 12.3. The van der Waals surface area contributed by atoms with Crippen molar-refractivity contribution in [3.8, 4) is 0 Å². The fraction of sp³-hybridized carbons (Fsp3) is 0.214. The minimum Gasteiger partial charge on any atom is -0.356 e. The first kappa shape index (κ1) is 12.2. The van der Waals surface area contributed by atoms with Crippen LogP contribution in [0.5, 0.6) is 0 Å². The number of hydrogen-bond acceptors (Lipinski definition) is 5. The molecule has 4 rings (SSSR count). The van der Waals surface area contributed by atoms with E-state index in [1.54, 1.807) is 23.9 Å². The van der Waals surface area contributed by atoms with Crippen LogP contribution in [0.4, 0.5) is 0 Å². The lowest BCUT2D eigenvalue weighted by atomic mass is 10.0. The molecule has 102 valence electrons. The van der Waals surface area contributed by atoms with Gasteiger partial charge in [-0.3, -0.25) is 0 Å². The molecule has 6 heteroatoms. The first-order valence-corrected chi connectivity index (χ1v) is 8.85. The molecular weight excluding hydrogens is 294 g/mol. The van der Waals surface area contributed by atoms with Crippen LogP contribution in [0.3, 0.4) is 0 Å². The molecule has 0 amide bonds. The molecule has 0 saturated heterocycles. The first-order valence-electron chi connectivity index (χ1n) is 6.21. The molecule has 2 aliphatic rings. The van der Waals surface area contributed by atoms with E-state index in [2.05, 4.69) is 5.16 Å². The quantitative estimate of drug-likeness (QED) is 0.749. The molecule has 0 fully saturated rings. The number of hydrogen-bond donors (Lipinski definition) is 0. The van der Waals surface area contributed by atoms with Crippen molar-refractivity contribution < 1.29 is 12.9 Å². The number of aromatic nitrogens is 1. The van der Waals surface area contributed by atoms with Crippen LogP contribution >= 0.6 is 11.8 Å². The normalized spacial score (nSPS) is 19.2. The summed E-state index contributed by atoms with van der Waals surface area (Å²) in [4.78, 5) is 1.44. The van der Waals surface area contributed by atoms with Crippen molar-refractivity contribution in [1.29, 1.82) is 0 Å². The second-order valence-electron chi connectivity index (χ2n) is 4.93. The molecule has 0 radical (unpaired) electrons. The lowest BCUT2D eigenvalue weighted by molar-refractivity contribution is 0.405. The van der Waals surface area contributed by atoms with Gasteiger partial charge >= 0.3 is 0 Å². The summed E-state index contributed by atoms with van der Waals surface area (Å²) in [5, 5.41) is 3.98. The molecule has 0 atom stereocenters. The van der Waals surface area contributed by atoms with E-state index in [0.29, 0.717) is 10.7 Å². The highest BCUT2D eigenvalue weighted by Crippen LogP contribution is 2.49. The zero-order chi connectivity index (χ0) is 13.9.